The minimum atomic E-state index is -4.05. The standard InChI is InChI=1S/C29H42BrN3O5S/c1-23(2)15-18-33(39(37,38)25-13-9-6-10-14-25)29(36,19-24-11-7-5-8-12-24)16-17-31-26(34)20-28(3,4)22-32-27(35)21-30/h5-14,23,36H,15-22H2,1-4H3,(H,31,34)(H,32,35). The molecule has 0 saturated carbocycles. The summed E-state index contributed by atoms with van der Waals surface area (Å²) < 4.78 is 28.9. The number of sulfonamides is 1. The second-order valence-electron chi connectivity index (χ2n) is 11.1. The molecule has 2 aromatic rings. The van der Waals surface area contributed by atoms with E-state index in [1.807, 2.05) is 58.0 Å². The number of amides is 2. The molecule has 216 valence electrons. The molecule has 10 heteroatoms. The molecule has 0 saturated heterocycles. The summed E-state index contributed by atoms with van der Waals surface area (Å²) >= 11 is 3.11. The van der Waals surface area contributed by atoms with Gasteiger partial charge in [0, 0.05) is 38.9 Å². The SMILES string of the molecule is CC(C)CCN(C(O)(CCNC(=O)CC(C)(C)CNC(=O)CBr)Cc1ccccc1)S(=O)(=O)c1ccccc1. The van der Waals surface area contributed by atoms with Gasteiger partial charge in [-0.25, -0.2) is 8.42 Å². The number of hydrogen-bond acceptors (Lipinski definition) is 5. The van der Waals surface area contributed by atoms with Crippen LogP contribution in [0.25, 0.3) is 0 Å². The lowest BCUT2D eigenvalue weighted by atomic mass is 9.89. The van der Waals surface area contributed by atoms with Gasteiger partial charge in [-0.3, -0.25) is 9.59 Å². The first-order valence-corrected chi connectivity index (χ1v) is 15.8. The van der Waals surface area contributed by atoms with Crippen molar-refractivity contribution >= 4 is 37.8 Å². The number of hydrogen-bond donors (Lipinski definition) is 3. The molecule has 2 rings (SSSR count). The van der Waals surface area contributed by atoms with E-state index >= 15 is 0 Å². The second-order valence-corrected chi connectivity index (χ2v) is 13.5. The maximum Gasteiger partial charge on any atom is 0.245 e. The zero-order chi connectivity index (χ0) is 29.1. The van der Waals surface area contributed by atoms with Crippen LogP contribution in [0.2, 0.25) is 0 Å². The van der Waals surface area contributed by atoms with Crippen LogP contribution in [-0.4, -0.2) is 60.3 Å². The highest BCUT2D eigenvalue weighted by Gasteiger charge is 2.42. The van der Waals surface area contributed by atoms with Crippen molar-refractivity contribution in [3.8, 4) is 0 Å². The number of carbonyl (C=O) groups excluding carboxylic acids is 2. The lowest BCUT2D eigenvalue weighted by Gasteiger charge is -2.39. The third-order valence-corrected chi connectivity index (χ3v) is 8.89. The summed E-state index contributed by atoms with van der Waals surface area (Å²) in [6.07, 6.45) is 0.784. The van der Waals surface area contributed by atoms with E-state index in [-0.39, 0.29) is 60.3 Å². The van der Waals surface area contributed by atoms with Crippen LogP contribution in [0.3, 0.4) is 0 Å². The van der Waals surface area contributed by atoms with Gasteiger partial charge in [0.05, 0.1) is 10.2 Å². The number of aliphatic hydroxyl groups is 1. The fourth-order valence-electron chi connectivity index (χ4n) is 4.22. The molecule has 0 radical (unpaired) electrons. The first-order valence-electron chi connectivity index (χ1n) is 13.2. The first-order chi connectivity index (χ1) is 18.3. The molecule has 0 aliphatic heterocycles. The predicted molar refractivity (Wildman–Crippen MR) is 158 cm³/mol. The summed E-state index contributed by atoms with van der Waals surface area (Å²) in [5, 5.41) is 17.9. The van der Waals surface area contributed by atoms with Gasteiger partial charge in [-0.15, -0.1) is 0 Å². The molecule has 0 fully saturated rings. The third kappa shape index (κ3) is 10.7. The summed E-state index contributed by atoms with van der Waals surface area (Å²) in [6.45, 7) is 8.32. The van der Waals surface area contributed by atoms with Crippen LogP contribution in [0.1, 0.15) is 52.5 Å². The fourth-order valence-corrected chi connectivity index (χ4v) is 6.12. The Morgan fingerprint density at radius 3 is 2.13 bits per heavy atom. The molecule has 2 amide bonds. The Morgan fingerprint density at radius 1 is 0.974 bits per heavy atom. The molecule has 0 heterocycles. The van der Waals surface area contributed by atoms with Gasteiger partial charge in [0.15, 0.2) is 0 Å². The van der Waals surface area contributed by atoms with E-state index in [1.54, 1.807) is 18.2 Å². The van der Waals surface area contributed by atoms with Crippen LogP contribution in [-0.2, 0) is 26.0 Å². The quantitative estimate of drug-likeness (QED) is 0.192. The molecule has 0 aliphatic carbocycles. The van der Waals surface area contributed by atoms with Crippen LogP contribution >= 0.6 is 15.9 Å². The summed E-state index contributed by atoms with van der Waals surface area (Å²) in [7, 11) is -4.05. The largest absolute Gasteiger partial charge is 0.374 e. The van der Waals surface area contributed by atoms with Crippen molar-refractivity contribution < 1.29 is 23.1 Å². The number of carbonyl (C=O) groups is 2. The Labute approximate surface area is 241 Å². The van der Waals surface area contributed by atoms with Gasteiger partial charge >= 0.3 is 0 Å². The summed E-state index contributed by atoms with van der Waals surface area (Å²) in [5.41, 5.74) is -1.48. The average molecular weight is 625 g/mol. The Morgan fingerprint density at radius 2 is 1.56 bits per heavy atom. The lowest BCUT2D eigenvalue weighted by Crippen LogP contribution is -2.55. The van der Waals surface area contributed by atoms with E-state index in [4.69, 9.17) is 0 Å². The molecule has 8 nitrogen and oxygen atoms in total. The van der Waals surface area contributed by atoms with E-state index < -0.39 is 21.2 Å². The van der Waals surface area contributed by atoms with Gasteiger partial charge in [0.2, 0.25) is 21.8 Å². The maximum atomic E-state index is 13.9. The van der Waals surface area contributed by atoms with Gasteiger partial charge in [-0.05, 0) is 35.4 Å². The molecule has 3 N–H and O–H groups in total. The van der Waals surface area contributed by atoms with Crippen molar-refractivity contribution in [1.29, 1.82) is 0 Å². The molecule has 1 atom stereocenters. The van der Waals surface area contributed by atoms with Gasteiger partial charge in [-0.1, -0.05) is 92.2 Å². The summed E-state index contributed by atoms with van der Waals surface area (Å²) in [5.74, 6) is -0.184. The van der Waals surface area contributed by atoms with Crippen molar-refractivity contribution in [2.24, 2.45) is 11.3 Å². The average Bonchev–Trinajstić information content (AvgIpc) is 2.87. The van der Waals surface area contributed by atoms with Crippen molar-refractivity contribution in [3.05, 3.63) is 66.2 Å². The summed E-state index contributed by atoms with van der Waals surface area (Å²) in [4.78, 5) is 24.5. The molecular weight excluding hydrogens is 582 g/mol. The van der Waals surface area contributed by atoms with Gasteiger partial charge in [0.1, 0.15) is 5.72 Å². The monoisotopic (exact) mass is 623 g/mol. The van der Waals surface area contributed by atoms with E-state index in [9.17, 15) is 23.1 Å². The Kier molecular flexibility index (Phi) is 12.6. The molecular formula is C29H42BrN3O5S. The summed E-state index contributed by atoms with van der Waals surface area (Å²) in [6, 6.07) is 17.4. The predicted octanol–water partition coefficient (Wildman–Crippen LogP) is 4.09. The highest BCUT2D eigenvalue weighted by Crippen LogP contribution is 2.30. The Bertz CT molecular complexity index is 1160. The molecule has 39 heavy (non-hydrogen) atoms. The topological polar surface area (TPSA) is 116 Å². The number of halogens is 1. The van der Waals surface area contributed by atoms with E-state index in [0.29, 0.717) is 13.0 Å². The smallest absolute Gasteiger partial charge is 0.245 e. The van der Waals surface area contributed by atoms with E-state index in [1.165, 1.54) is 16.4 Å². The molecule has 0 bridgehead atoms. The van der Waals surface area contributed by atoms with Gasteiger partial charge < -0.3 is 15.7 Å². The van der Waals surface area contributed by atoms with Crippen molar-refractivity contribution in [3.63, 3.8) is 0 Å². The van der Waals surface area contributed by atoms with Crippen molar-refractivity contribution in [1.82, 2.24) is 14.9 Å². The Balaban J connectivity index is 2.28. The highest BCUT2D eigenvalue weighted by molar-refractivity contribution is 9.09. The molecule has 0 aliphatic rings. The van der Waals surface area contributed by atoms with Crippen molar-refractivity contribution in [2.45, 2.75) is 64.0 Å². The maximum absolute atomic E-state index is 13.9. The third-order valence-electron chi connectivity index (χ3n) is 6.41. The van der Waals surface area contributed by atoms with Crippen LogP contribution < -0.4 is 10.6 Å². The minimum absolute atomic E-state index is 0.00144. The first kappa shape index (κ1) is 32.9. The second kappa shape index (κ2) is 14.9. The Hall–Kier alpha value is -2.27. The number of benzene rings is 2. The number of nitrogens with one attached hydrogen (secondary N) is 2. The lowest BCUT2D eigenvalue weighted by molar-refractivity contribution is -0.124. The molecule has 1 unspecified atom stereocenters. The highest BCUT2D eigenvalue weighted by atomic mass is 79.9. The number of alkyl halides is 1. The van der Waals surface area contributed by atoms with Crippen LogP contribution in [0, 0.1) is 11.3 Å². The number of nitrogens with zero attached hydrogens (tertiary/aromatic N) is 1. The van der Waals surface area contributed by atoms with E-state index in [2.05, 4.69) is 26.6 Å². The molecule has 0 aromatic heterocycles. The van der Waals surface area contributed by atoms with Gasteiger partial charge in [0.25, 0.3) is 0 Å². The zero-order valence-electron chi connectivity index (χ0n) is 23.3. The van der Waals surface area contributed by atoms with Crippen LogP contribution in [0.15, 0.2) is 65.6 Å². The van der Waals surface area contributed by atoms with Crippen LogP contribution in [0.4, 0.5) is 0 Å². The zero-order valence-corrected chi connectivity index (χ0v) is 25.7. The normalized spacial score (nSPS) is 13.7. The molecule has 0 spiro atoms. The fraction of sp³-hybridized carbons (Fsp3) is 0.517. The molecule has 2 aromatic carbocycles. The van der Waals surface area contributed by atoms with Crippen LogP contribution in [0.5, 0.6) is 0 Å². The van der Waals surface area contributed by atoms with Crippen molar-refractivity contribution in [2.75, 3.05) is 25.0 Å². The van der Waals surface area contributed by atoms with Gasteiger partial charge in [-0.2, -0.15) is 4.31 Å². The van der Waals surface area contributed by atoms with E-state index in [0.717, 1.165) is 5.56 Å². The number of rotatable bonds is 16. The minimum Gasteiger partial charge on any atom is -0.374 e.